The Balaban J connectivity index is 0.000000208. The summed E-state index contributed by atoms with van der Waals surface area (Å²) in [7, 11) is 0. The van der Waals surface area contributed by atoms with Crippen LogP contribution in [0.15, 0.2) is 132 Å². The van der Waals surface area contributed by atoms with Gasteiger partial charge in [-0.25, -0.2) is 0 Å². The fourth-order valence-corrected chi connectivity index (χ4v) is 6.62. The molecule has 8 aromatic rings. The normalized spacial score (nSPS) is 11.7. The van der Waals surface area contributed by atoms with Crippen LogP contribution in [-0.4, -0.2) is 9.97 Å². The van der Waals surface area contributed by atoms with Gasteiger partial charge in [0.15, 0.2) is 0 Å². The van der Waals surface area contributed by atoms with Gasteiger partial charge in [0.1, 0.15) is 11.2 Å². The maximum atomic E-state index is 6.11. The van der Waals surface area contributed by atoms with Crippen molar-refractivity contribution in [2.75, 3.05) is 0 Å². The summed E-state index contributed by atoms with van der Waals surface area (Å²) in [4.78, 5) is 9.18. The van der Waals surface area contributed by atoms with Crippen LogP contribution >= 0.6 is 0 Å². The molecule has 0 fully saturated rings. The molecule has 4 heteroatoms. The molecule has 0 spiro atoms. The van der Waals surface area contributed by atoms with Gasteiger partial charge in [0, 0.05) is 43.3 Å². The average Bonchev–Trinajstić information content (AvgIpc) is 3.51. The van der Waals surface area contributed by atoms with Crippen LogP contribution in [0.4, 0.5) is 0 Å². The molecule has 263 valence electrons. The van der Waals surface area contributed by atoms with Crippen LogP contribution in [0.3, 0.4) is 0 Å². The zero-order chi connectivity index (χ0) is 35.8. The molecular weight excluding hydrogens is 813 g/mol. The molecule has 3 nitrogen and oxygen atoms in total. The molecule has 8 rings (SSSR count). The molecule has 0 bridgehead atoms. The van der Waals surface area contributed by atoms with Gasteiger partial charge in [-0.2, -0.15) is 0 Å². The predicted octanol–water partition coefficient (Wildman–Crippen LogP) is 13.0. The Morgan fingerprint density at radius 1 is 0.654 bits per heavy atom. The van der Waals surface area contributed by atoms with Crippen LogP contribution in [0.2, 0.25) is 0 Å². The summed E-state index contributed by atoms with van der Waals surface area (Å²) in [6.45, 7) is 15.5. The van der Waals surface area contributed by atoms with Crippen LogP contribution in [0.5, 0.6) is 0 Å². The summed E-state index contributed by atoms with van der Waals surface area (Å²) in [6, 6.07) is 46.7. The number of pyridine rings is 2. The van der Waals surface area contributed by atoms with E-state index < -0.39 is 0 Å². The molecule has 0 saturated carbocycles. The molecule has 5 aromatic carbocycles. The SMILES string of the molecule is CC(C)(C)c1ccnc(-c2[c-]ccc(-c3cccc4c3ccc3oc5ccccc5c34)c2)c1.Cc1c[c-]c(-c2ccc(CC(C)(C)C)cn2)cc1.[Ir]. The van der Waals surface area contributed by atoms with Gasteiger partial charge < -0.3 is 14.4 Å². The monoisotopic (exact) mass is 857 g/mol. The van der Waals surface area contributed by atoms with Gasteiger partial charge in [-0.3, -0.25) is 0 Å². The molecule has 0 N–H and O–H groups in total. The Morgan fingerprint density at radius 3 is 2.19 bits per heavy atom. The van der Waals surface area contributed by atoms with E-state index in [1.807, 2.05) is 36.7 Å². The van der Waals surface area contributed by atoms with Crippen molar-refractivity contribution in [3.63, 3.8) is 0 Å². The molecule has 0 aliphatic heterocycles. The maximum Gasteiger partial charge on any atom is 0.136 e. The Hall–Kier alpha value is -4.89. The smallest absolute Gasteiger partial charge is 0.136 e. The van der Waals surface area contributed by atoms with Gasteiger partial charge in [-0.05, 0) is 74.3 Å². The number of hydrogen-bond acceptors (Lipinski definition) is 3. The minimum absolute atomic E-state index is 0. The minimum Gasteiger partial charge on any atom is -0.456 e. The number of rotatable bonds is 4. The second kappa shape index (κ2) is 15.0. The Kier molecular flexibility index (Phi) is 10.6. The van der Waals surface area contributed by atoms with Gasteiger partial charge in [-0.15, -0.1) is 70.8 Å². The Labute approximate surface area is 321 Å². The van der Waals surface area contributed by atoms with Crippen molar-refractivity contribution in [1.29, 1.82) is 0 Å². The van der Waals surface area contributed by atoms with Crippen molar-refractivity contribution in [2.45, 2.75) is 60.3 Å². The maximum absolute atomic E-state index is 6.11. The van der Waals surface area contributed by atoms with Gasteiger partial charge in [0.05, 0.1) is 0 Å². The first-order valence-electron chi connectivity index (χ1n) is 17.7. The second-order valence-electron chi connectivity index (χ2n) is 15.7. The molecule has 3 heterocycles. The van der Waals surface area contributed by atoms with E-state index in [0.717, 1.165) is 51.1 Å². The van der Waals surface area contributed by atoms with Crippen LogP contribution < -0.4 is 0 Å². The third-order valence-corrected chi connectivity index (χ3v) is 9.22. The van der Waals surface area contributed by atoms with E-state index in [1.54, 1.807) is 0 Å². The molecule has 0 aliphatic rings. The van der Waals surface area contributed by atoms with Crippen LogP contribution in [0.25, 0.3) is 66.4 Å². The number of aromatic nitrogens is 2. The van der Waals surface area contributed by atoms with E-state index in [9.17, 15) is 0 Å². The largest absolute Gasteiger partial charge is 0.456 e. The van der Waals surface area contributed by atoms with Gasteiger partial charge in [0.2, 0.25) is 0 Å². The van der Waals surface area contributed by atoms with Gasteiger partial charge in [0.25, 0.3) is 0 Å². The fourth-order valence-electron chi connectivity index (χ4n) is 6.62. The number of fused-ring (bicyclic) bond motifs is 5. The van der Waals surface area contributed by atoms with Gasteiger partial charge >= 0.3 is 0 Å². The van der Waals surface area contributed by atoms with E-state index >= 15 is 0 Å². The number of nitrogens with zero attached hydrogens (tertiary/aromatic N) is 2. The van der Waals surface area contributed by atoms with E-state index in [4.69, 9.17) is 4.42 Å². The van der Waals surface area contributed by atoms with Crippen molar-refractivity contribution in [2.24, 2.45) is 5.41 Å². The van der Waals surface area contributed by atoms with Gasteiger partial charge in [-0.1, -0.05) is 109 Å². The van der Waals surface area contributed by atoms with Crippen LogP contribution in [0.1, 0.15) is 58.2 Å². The summed E-state index contributed by atoms with van der Waals surface area (Å²) in [5.74, 6) is 0. The summed E-state index contributed by atoms with van der Waals surface area (Å²) in [5, 5.41) is 4.75. The zero-order valence-electron chi connectivity index (χ0n) is 31.0. The van der Waals surface area contributed by atoms with E-state index in [-0.39, 0.29) is 25.5 Å². The van der Waals surface area contributed by atoms with Crippen LogP contribution in [0, 0.1) is 24.5 Å². The number of hydrogen-bond donors (Lipinski definition) is 0. The first-order chi connectivity index (χ1) is 24.4. The van der Waals surface area contributed by atoms with E-state index in [2.05, 4.69) is 162 Å². The molecule has 0 atom stereocenters. The van der Waals surface area contributed by atoms with E-state index in [0.29, 0.717) is 5.41 Å². The summed E-state index contributed by atoms with van der Waals surface area (Å²) in [5.41, 5.74) is 12.4. The number of para-hydroxylation sites is 1. The quantitative estimate of drug-likeness (QED) is 0.166. The molecule has 0 aliphatic carbocycles. The Bertz CT molecular complexity index is 2460. The topological polar surface area (TPSA) is 38.9 Å². The van der Waals surface area contributed by atoms with Crippen LogP contribution in [-0.2, 0) is 31.9 Å². The number of furan rings is 1. The molecule has 0 saturated heterocycles. The third-order valence-electron chi connectivity index (χ3n) is 9.22. The molecule has 52 heavy (non-hydrogen) atoms. The summed E-state index contributed by atoms with van der Waals surface area (Å²) < 4.78 is 6.11. The molecule has 0 unspecified atom stereocenters. The molecule has 0 amide bonds. The van der Waals surface area contributed by atoms with Crippen molar-refractivity contribution in [3.8, 4) is 33.6 Å². The summed E-state index contributed by atoms with van der Waals surface area (Å²) >= 11 is 0. The van der Waals surface area contributed by atoms with Crippen molar-refractivity contribution in [1.82, 2.24) is 9.97 Å². The fraction of sp³-hybridized carbons (Fsp3) is 0.208. The molecule has 3 aromatic heterocycles. The standard InChI is InChI=1S/C31H24NO.C17H20N.Ir/c1-31(2,3)22-16-17-32-27(19-22)21-9-6-8-20(18-21)23-11-7-12-25-24(23)14-15-29-30(25)26-10-4-5-13-28(26)33-29;1-13-5-8-15(9-6-13)16-10-7-14(12-18-16)11-17(2,3)4;/h4-8,10-19H,1-3H3;5-8,10,12H,11H2,1-4H3;/q2*-1;. The minimum atomic E-state index is 0. The molecule has 1 radical (unpaired) electrons. The van der Waals surface area contributed by atoms with Crippen molar-refractivity contribution in [3.05, 3.63) is 156 Å². The van der Waals surface area contributed by atoms with E-state index in [1.165, 1.54) is 38.4 Å². The average molecular weight is 857 g/mol. The first-order valence-corrected chi connectivity index (χ1v) is 17.7. The molecular formula is C48H44IrN2O-2. The number of benzene rings is 5. The van der Waals surface area contributed by atoms with Crippen molar-refractivity contribution >= 4 is 32.7 Å². The van der Waals surface area contributed by atoms with Crippen molar-refractivity contribution < 1.29 is 24.5 Å². The Morgan fingerprint density at radius 2 is 1.46 bits per heavy atom. The predicted molar refractivity (Wildman–Crippen MR) is 214 cm³/mol. The number of aryl methyl sites for hydroxylation is 1. The second-order valence-corrected chi connectivity index (χ2v) is 15.7. The third kappa shape index (κ3) is 8.10. The summed E-state index contributed by atoms with van der Waals surface area (Å²) in [6.07, 6.45) is 4.93. The zero-order valence-corrected chi connectivity index (χ0v) is 33.4. The first kappa shape index (κ1) is 36.9.